The van der Waals surface area contributed by atoms with Crippen LogP contribution >= 0.6 is 0 Å². The number of methoxy groups -OCH3 is 1. The Morgan fingerprint density at radius 3 is 2.64 bits per heavy atom. The number of anilines is 1. The van der Waals surface area contributed by atoms with E-state index in [1.54, 1.807) is 32.3 Å². The number of benzene rings is 1. The lowest BCUT2D eigenvalue weighted by Crippen LogP contribution is -2.41. The molecule has 9 nitrogen and oxygen atoms in total. The second kappa shape index (κ2) is 12.9. The van der Waals surface area contributed by atoms with Crippen molar-refractivity contribution in [2.45, 2.75) is 52.6 Å². The first-order chi connectivity index (χ1) is 18.8. The van der Waals surface area contributed by atoms with E-state index in [2.05, 4.69) is 18.8 Å². The molecule has 3 heterocycles. The Labute approximate surface area is 231 Å². The molecule has 0 saturated carbocycles. The summed E-state index contributed by atoms with van der Waals surface area (Å²) in [4.78, 5) is 35.9. The van der Waals surface area contributed by atoms with Crippen molar-refractivity contribution in [2.24, 2.45) is 5.92 Å². The molecule has 3 aromatic rings. The molecular weight excluding hydrogens is 494 g/mol. The van der Waals surface area contributed by atoms with Crippen LogP contribution in [0.2, 0.25) is 0 Å². The molecule has 1 aromatic carbocycles. The van der Waals surface area contributed by atoms with Gasteiger partial charge in [0.25, 0.3) is 0 Å². The maximum atomic E-state index is 13.8. The Kier molecular flexibility index (Phi) is 9.32. The molecule has 4 rings (SSSR count). The lowest BCUT2D eigenvalue weighted by atomic mass is 10.1. The highest BCUT2D eigenvalue weighted by Gasteiger charge is 2.27. The van der Waals surface area contributed by atoms with Crippen molar-refractivity contribution < 1.29 is 19.1 Å². The van der Waals surface area contributed by atoms with Crippen LogP contribution in [0.5, 0.6) is 11.5 Å². The number of hydrogen-bond acceptors (Lipinski definition) is 5. The Hall–Kier alpha value is -3.75. The summed E-state index contributed by atoms with van der Waals surface area (Å²) >= 11 is 0. The van der Waals surface area contributed by atoms with Crippen LogP contribution in [-0.2, 0) is 17.9 Å². The average Bonchev–Trinajstić information content (AvgIpc) is 3.24. The molecule has 2 aromatic heterocycles. The standard InChI is InChI=1S/C30H41N5O4/c1-22(2)9-8-18-39-27-19-24(10-11-26(27)38-5)35-16-7-6-15-34(30(35)37)20-23-12-14-31-29-25(23)13-17-33(29)21-28(36)32(3)4/h10-14,17,19,22H,6-9,15-16,18,20-21H2,1-5H3. The number of hydrogen-bond donors (Lipinski definition) is 0. The Morgan fingerprint density at radius 1 is 1.10 bits per heavy atom. The number of carbonyl (C=O) groups is 2. The van der Waals surface area contributed by atoms with Gasteiger partial charge in [-0.2, -0.15) is 0 Å². The minimum atomic E-state index is -0.0318. The number of aromatic nitrogens is 2. The monoisotopic (exact) mass is 535 g/mol. The predicted molar refractivity (Wildman–Crippen MR) is 153 cm³/mol. The fraction of sp³-hybridized carbons (Fsp3) is 0.500. The summed E-state index contributed by atoms with van der Waals surface area (Å²) in [7, 11) is 5.12. The third-order valence-corrected chi connectivity index (χ3v) is 7.12. The third-order valence-electron chi connectivity index (χ3n) is 7.12. The van der Waals surface area contributed by atoms with Gasteiger partial charge in [-0.25, -0.2) is 9.78 Å². The molecule has 3 amide bonds. The van der Waals surface area contributed by atoms with Crippen LogP contribution in [0, 0.1) is 5.92 Å². The molecule has 210 valence electrons. The highest BCUT2D eigenvalue weighted by atomic mass is 16.5. The summed E-state index contributed by atoms with van der Waals surface area (Å²) in [5, 5.41) is 0.953. The number of nitrogens with zero attached hydrogens (tertiary/aromatic N) is 5. The molecule has 0 bridgehead atoms. The van der Waals surface area contributed by atoms with E-state index in [0.717, 1.165) is 48.0 Å². The first-order valence-electron chi connectivity index (χ1n) is 13.8. The summed E-state index contributed by atoms with van der Waals surface area (Å²) < 4.78 is 13.5. The quantitative estimate of drug-likeness (QED) is 0.317. The van der Waals surface area contributed by atoms with Crippen LogP contribution in [-0.4, -0.2) is 72.2 Å². The zero-order valence-electron chi connectivity index (χ0n) is 23.9. The lowest BCUT2D eigenvalue weighted by molar-refractivity contribution is -0.129. The van der Waals surface area contributed by atoms with E-state index in [1.165, 1.54) is 0 Å². The smallest absolute Gasteiger partial charge is 0.324 e. The summed E-state index contributed by atoms with van der Waals surface area (Å²) in [6.07, 6.45) is 7.53. The number of fused-ring (bicyclic) bond motifs is 1. The van der Waals surface area contributed by atoms with Crippen LogP contribution < -0.4 is 14.4 Å². The minimum Gasteiger partial charge on any atom is -0.493 e. The predicted octanol–water partition coefficient (Wildman–Crippen LogP) is 5.17. The summed E-state index contributed by atoms with van der Waals surface area (Å²) in [5.74, 6) is 1.95. The van der Waals surface area contributed by atoms with Crippen molar-refractivity contribution in [2.75, 3.05) is 45.8 Å². The first-order valence-corrected chi connectivity index (χ1v) is 13.8. The van der Waals surface area contributed by atoms with E-state index in [0.29, 0.717) is 43.7 Å². The van der Waals surface area contributed by atoms with Crippen molar-refractivity contribution in [1.82, 2.24) is 19.4 Å². The van der Waals surface area contributed by atoms with E-state index >= 15 is 0 Å². The summed E-state index contributed by atoms with van der Waals surface area (Å²) in [6, 6.07) is 9.62. The van der Waals surface area contributed by atoms with Crippen LogP contribution in [0.4, 0.5) is 10.5 Å². The van der Waals surface area contributed by atoms with E-state index in [1.807, 2.05) is 50.9 Å². The largest absolute Gasteiger partial charge is 0.493 e. The fourth-order valence-corrected chi connectivity index (χ4v) is 4.85. The van der Waals surface area contributed by atoms with E-state index in [4.69, 9.17) is 9.47 Å². The van der Waals surface area contributed by atoms with Crippen molar-refractivity contribution in [3.05, 3.63) is 48.3 Å². The summed E-state index contributed by atoms with van der Waals surface area (Å²) in [5.41, 5.74) is 2.56. The molecule has 9 heteroatoms. The number of pyridine rings is 1. The van der Waals surface area contributed by atoms with Gasteiger partial charge in [-0.05, 0) is 61.4 Å². The molecule has 0 spiro atoms. The lowest BCUT2D eigenvalue weighted by Gasteiger charge is -2.28. The van der Waals surface area contributed by atoms with Crippen LogP contribution in [0.25, 0.3) is 11.0 Å². The van der Waals surface area contributed by atoms with Gasteiger partial charge >= 0.3 is 6.03 Å². The Bertz CT molecular complexity index is 1290. The highest BCUT2D eigenvalue weighted by molar-refractivity contribution is 5.93. The Balaban J connectivity index is 1.53. The van der Waals surface area contributed by atoms with Crippen molar-refractivity contribution in [3.8, 4) is 11.5 Å². The molecule has 0 aliphatic carbocycles. The van der Waals surface area contributed by atoms with Crippen LogP contribution in [0.1, 0.15) is 45.1 Å². The second-order valence-electron chi connectivity index (χ2n) is 10.7. The molecular formula is C30H41N5O4. The fourth-order valence-electron chi connectivity index (χ4n) is 4.85. The molecule has 0 atom stereocenters. The molecule has 1 aliphatic heterocycles. The maximum absolute atomic E-state index is 13.8. The number of amides is 3. The van der Waals surface area contributed by atoms with Crippen LogP contribution in [0.15, 0.2) is 42.7 Å². The first kappa shape index (κ1) is 28.3. The SMILES string of the molecule is COc1ccc(N2CCCCN(Cc3ccnc4c3ccn4CC(=O)N(C)C)C2=O)cc1OCCCC(C)C. The van der Waals surface area contributed by atoms with Crippen molar-refractivity contribution in [1.29, 1.82) is 0 Å². The van der Waals surface area contributed by atoms with E-state index in [9.17, 15) is 9.59 Å². The number of rotatable bonds is 11. The van der Waals surface area contributed by atoms with Crippen molar-refractivity contribution >= 4 is 28.7 Å². The van der Waals surface area contributed by atoms with Gasteiger partial charge in [0.15, 0.2) is 11.5 Å². The van der Waals surface area contributed by atoms with Crippen molar-refractivity contribution in [3.63, 3.8) is 0 Å². The minimum absolute atomic E-state index is 0.000744. The van der Waals surface area contributed by atoms with Gasteiger partial charge in [-0.3, -0.25) is 9.69 Å². The molecule has 0 unspecified atom stereocenters. The topological polar surface area (TPSA) is 80.1 Å². The van der Waals surface area contributed by atoms with Gasteiger partial charge in [0, 0.05) is 63.3 Å². The molecule has 1 saturated heterocycles. The average molecular weight is 536 g/mol. The summed E-state index contributed by atoms with van der Waals surface area (Å²) in [6.45, 7) is 7.03. The van der Waals surface area contributed by atoms with Gasteiger partial charge in [0.05, 0.1) is 13.7 Å². The number of carbonyl (C=O) groups excluding carboxylic acids is 2. The molecule has 0 radical (unpaired) electrons. The van der Waals surface area contributed by atoms with Gasteiger partial charge in [-0.15, -0.1) is 0 Å². The zero-order valence-corrected chi connectivity index (χ0v) is 23.9. The highest BCUT2D eigenvalue weighted by Crippen LogP contribution is 2.33. The van der Waals surface area contributed by atoms with Gasteiger partial charge in [0.1, 0.15) is 12.2 Å². The van der Waals surface area contributed by atoms with E-state index in [-0.39, 0.29) is 18.5 Å². The molecule has 0 N–H and O–H groups in total. The second-order valence-corrected chi connectivity index (χ2v) is 10.7. The van der Waals surface area contributed by atoms with Gasteiger partial charge in [0.2, 0.25) is 5.91 Å². The molecule has 1 fully saturated rings. The number of ether oxygens (including phenoxy) is 2. The van der Waals surface area contributed by atoms with E-state index < -0.39 is 0 Å². The number of likely N-dealkylation sites (N-methyl/N-ethyl adjacent to an activating group) is 1. The zero-order chi connectivity index (χ0) is 27.9. The maximum Gasteiger partial charge on any atom is 0.324 e. The molecule has 39 heavy (non-hydrogen) atoms. The number of urea groups is 1. The molecule has 1 aliphatic rings. The van der Waals surface area contributed by atoms with Gasteiger partial charge < -0.3 is 23.8 Å². The normalized spacial score (nSPS) is 14.2. The Morgan fingerprint density at radius 2 is 1.90 bits per heavy atom. The van der Waals surface area contributed by atoms with Crippen LogP contribution in [0.3, 0.4) is 0 Å². The van der Waals surface area contributed by atoms with Gasteiger partial charge in [-0.1, -0.05) is 13.8 Å². The third kappa shape index (κ3) is 6.82.